The molecule has 0 unspecified atom stereocenters. The number of nitrogens with zero attached hydrogens (tertiary/aromatic N) is 1. The number of rotatable bonds is 7. The van der Waals surface area contributed by atoms with Crippen molar-refractivity contribution in [3.8, 4) is 5.75 Å². The second-order valence-corrected chi connectivity index (χ2v) is 7.05. The molecule has 0 saturated carbocycles. The van der Waals surface area contributed by atoms with E-state index in [0.29, 0.717) is 11.3 Å². The normalized spacial score (nSPS) is 18.6. The summed E-state index contributed by atoms with van der Waals surface area (Å²) in [4.78, 5) is 30.1. The van der Waals surface area contributed by atoms with Crippen LogP contribution in [0.5, 0.6) is 5.75 Å². The van der Waals surface area contributed by atoms with Crippen LogP contribution in [0.4, 0.5) is 0 Å². The van der Waals surface area contributed by atoms with Gasteiger partial charge in [0.05, 0.1) is 7.11 Å². The number of carbonyl (C=O) groups excluding carboxylic acids is 2. The van der Waals surface area contributed by atoms with E-state index in [0.717, 1.165) is 5.56 Å². The molecule has 1 aliphatic rings. The van der Waals surface area contributed by atoms with E-state index in [1.54, 1.807) is 31.4 Å². The van der Waals surface area contributed by atoms with E-state index in [4.69, 9.17) is 14.2 Å². The second-order valence-electron chi connectivity index (χ2n) is 7.05. The Bertz CT molecular complexity index is 874. The van der Waals surface area contributed by atoms with Crippen molar-refractivity contribution in [3.05, 3.63) is 65.7 Å². The minimum Gasteiger partial charge on any atom is -0.497 e. The highest BCUT2D eigenvalue weighted by Gasteiger charge is 2.54. The molecule has 2 aromatic carbocycles. The van der Waals surface area contributed by atoms with Crippen LogP contribution < -0.4 is 4.74 Å². The van der Waals surface area contributed by atoms with Crippen molar-refractivity contribution in [3.63, 3.8) is 0 Å². The van der Waals surface area contributed by atoms with Gasteiger partial charge in [-0.05, 0) is 42.2 Å². The smallest absolute Gasteiger partial charge is 0.352 e. The number of hydrogen-bond donors (Lipinski definition) is 0. The second kappa shape index (κ2) is 8.25. The molecule has 0 fully saturated rings. The molecule has 0 N–H and O–H groups in total. The molecule has 1 aliphatic heterocycles. The summed E-state index contributed by atoms with van der Waals surface area (Å²) in [6.07, 6.45) is 0.207. The molecule has 1 heterocycles. The summed E-state index contributed by atoms with van der Waals surface area (Å²) in [6, 6.07) is 16.2. The Kier molecular flexibility index (Phi) is 5.78. The zero-order valence-electron chi connectivity index (χ0n) is 16.2. The zero-order valence-corrected chi connectivity index (χ0v) is 16.2. The lowest BCUT2D eigenvalue weighted by Gasteiger charge is -2.22. The molecule has 0 saturated heterocycles. The van der Waals surface area contributed by atoms with E-state index in [-0.39, 0.29) is 24.8 Å². The Morgan fingerprint density at radius 2 is 1.79 bits per heavy atom. The van der Waals surface area contributed by atoms with Crippen molar-refractivity contribution in [2.75, 3.05) is 7.11 Å². The number of benzene rings is 2. The van der Waals surface area contributed by atoms with Crippen molar-refractivity contribution in [2.24, 2.45) is 10.9 Å². The third-order valence-corrected chi connectivity index (χ3v) is 4.41. The summed E-state index contributed by atoms with van der Waals surface area (Å²) >= 11 is 0. The summed E-state index contributed by atoms with van der Waals surface area (Å²) in [5.74, 6) is -0.575. The van der Waals surface area contributed by atoms with E-state index >= 15 is 0 Å². The highest BCUT2D eigenvalue weighted by molar-refractivity contribution is 6.17. The largest absolute Gasteiger partial charge is 0.497 e. The van der Waals surface area contributed by atoms with E-state index < -0.39 is 17.5 Å². The van der Waals surface area contributed by atoms with Gasteiger partial charge in [-0.15, -0.1) is 0 Å². The average molecular weight is 381 g/mol. The van der Waals surface area contributed by atoms with Crippen LogP contribution in [0.25, 0.3) is 0 Å². The van der Waals surface area contributed by atoms with Gasteiger partial charge in [-0.3, -0.25) is 0 Å². The molecule has 28 heavy (non-hydrogen) atoms. The summed E-state index contributed by atoms with van der Waals surface area (Å²) in [5.41, 5.74) is -0.255. The maximum Gasteiger partial charge on any atom is 0.352 e. The van der Waals surface area contributed by atoms with Crippen LogP contribution in [0, 0.1) is 5.92 Å². The fourth-order valence-corrected chi connectivity index (χ4v) is 3.05. The molecular formula is C22H23NO5. The number of esters is 2. The van der Waals surface area contributed by atoms with E-state index in [1.807, 2.05) is 44.2 Å². The van der Waals surface area contributed by atoms with Crippen molar-refractivity contribution < 1.29 is 23.8 Å². The van der Waals surface area contributed by atoms with Crippen molar-refractivity contribution in [2.45, 2.75) is 32.4 Å². The van der Waals surface area contributed by atoms with Crippen LogP contribution >= 0.6 is 0 Å². The lowest BCUT2D eigenvalue weighted by molar-refractivity contribution is -0.159. The van der Waals surface area contributed by atoms with Gasteiger partial charge in [0.15, 0.2) is 0 Å². The van der Waals surface area contributed by atoms with Crippen molar-refractivity contribution >= 4 is 17.8 Å². The van der Waals surface area contributed by atoms with Crippen LogP contribution in [0.15, 0.2) is 59.6 Å². The number of ether oxygens (including phenoxy) is 3. The summed E-state index contributed by atoms with van der Waals surface area (Å²) in [6.45, 7) is 3.90. The molecule has 3 rings (SSSR count). The van der Waals surface area contributed by atoms with Gasteiger partial charge in [0.2, 0.25) is 5.90 Å². The third-order valence-electron chi connectivity index (χ3n) is 4.41. The standard InChI is InChI=1S/C22H23NO5/c1-15(2)13-22(20(24)27-14-16-7-5-4-6-8-16)21(25)28-19(23-22)17-9-11-18(26-3)12-10-17/h4-12,15H,13-14H2,1-3H3/t22-/m1/s1. The number of cyclic esters (lactones) is 1. The minimum absolute atomic E-state index is 0.0378. The highest BCUT2D eigenvalue weighted by Crippen LogP contribution is 2.32. The van der Waals surface area contributed by atoms with E-state index in [2.05, 4.69) is 4.99 Å². The first-order valence-electron chi connectivity index (χ1n) is 9.12. The first-order valence-corrected chi connectivity index (χ1v) is 9.12. The fourth-order valence-electron chi connectivity index (χ4n) is 3.05. The monoisotopic (exact) mass is 381 g/mol. The van der Waals surface area contributed by atoms with Crippen LogP contribution in [0.3, 0.4) is 0 Å². The molecule has 6 nitrogen and oxygen atoms in total. The topological polar surface area (TPSA) is 74.2 Å². The Morgan fingerprint density at radius 3 is 2.39 bits per heavy atom. The molecule has 2 aromatic rings. The Balaban J connectivity index is 1.87. The minimum atomic E-state index is -1.68. The van der Waals surface area contributed by atoms with Crippen LogP contribution in [0.1, 0.15) is 31.4 Å². The van der Waals surface area contributed by atoms with Gasteiger partial charge in [0, 0.05) is 5.56 Å². The molecule has 0 radical (unpaired) electrons. The molecule has 0 amide bonds. The highest BCUT2D eigenvalue weighted by atomic mass is 16.6. The molecular weight excluding hydrogens is 358 g/mol. The Morgan fingerprint density at radius 1 is 1.11 bits per heavy atom. The zero-order chi connectivity index (χ0) is 20.1. The number of carbonyl (C=O) groups is 2. The summed E-state index contributed by atoms with van der Waals surface area (Å²) in [7, 11) is 1.57. The fraction of sp³-hybridized carbons (Fsp3) is 0.318. The lowest BCUT2D eigenvalue weighted by atomic mass is 9.90. The van der Waals surface area contributed by atoms with Crippen LogP contribution in [-0.2, 0) is 25.7 Å². The summed E-state index contributed by atoms with van der Waals surface area (Å²) in [5, 5.41) is 0. The first kappa shape index (κ1) is 19.6. The molecule has 0 bridgehead atoms. The molecule has 1 atom stereocenters. The number of hydrogen-bond acceptors (Lipinski definition) is 6. The molecule has 0 aliphatic carbocycles. The molecule has 6 heteroatoms. The predicted octanol–water partition coefficient (Wildman–Crippen LogP) is 3.53. The first-order chi connectivity index (χ1) is 13.4. The van der Waals surface area contributed by atoms with Gasteiger partial charge in [0.25, 0.3) is 5.54 Å². The van der Waals surface area contributed by atoms with E-state index in [9.17, 15) is 9.59 Å². The Hall–Kier alpha value is -3.15. The van der Waals surface area contributed by atoms with Crippen molar-refractivity contribution in [1.29, 1.82) is 0 Å². The third kappa shape index (κ3) is 4.06. The van der Waals surface area contributed by atoms with Crippen LogP contribution in [0.2, 0.25) is 0 Å². The molecule has 0 spiro atoms. The van der Waals surface area contributed by atoms with Gasteiger partial charge >= 0.3 is 11.9 Å². The predicted molar refractivity (Wildman–Crippen MR) is 104 cm³/mol. The quantitative estimate of drug-likeness (QED) is 0.542. The molecule has 146 valence electrons. The van der Waals surface area contributed by atoms with Gasteiger partial charge < -0.3 is 14.2 Å². The van der Waals surface area contributed by atoms with E-state index in [1.165, 1.54) is 0 Å². The van der Waals surface area contributed by atoms with Gasteiger partial charge in [-0.25, -0.2) is 14.6 Å². The Labute approximate surface area is 164 Å². The number of aliphatic imine (C=N–C) groups is 1. The summed E-state index contributed by atoms with van der Waals surface area (Å²) < 4.78 is 16.0. The van der Waals surface area contributed by atoms with Crippen LogP contribution in [-0.4, -0.2) is 30.5 Å². The number of methoxy groups -OCH3 is 1. The SMILES string of the molecule is COc1ccc(C2=N[C@](CC(C)C)(C(=O)OCc3ccccc3)C(=O)O2)cc1. The average Bonchev–Trinajstić information content (AvgIpc) is 3.03. The lowest BCUT2D eigenvalue weighted by Crippen LogP contribution is -2.45. The molecule has 0 aromatic heterocycles. The van der Waals surface area contributed by atoms with Gasteiger partial charge in [-0.1, -0.05) is 44.2 Å². The van der Waals surface area contributed by atoms with Gasteiger partial charge in [-0.2, -0.15) is 0 Å². The van der Waals surface area contributed by atoms with Crippen molar-refractivity contribution in [1.82, 2.24) is 0 Å². The maximum absolute atomic E-state index is 12.9. The van der Waals surface area contributed by atoms with Gasteiger partial charge in [0.1, 0.15) is 12.4 Å². The maximum atomic E-state index is 12.9.